The van der Waals surface area contributed by atoms with Gasteiger partial charge in [-0.2, -0.15) is 5.26 Å². The lowest BCUT2D eigenvalue weighted by molar-refractivity contribution is 0.349. The summed E-state index contributed by atoms with van der Waals surface area (Å²) >= 11 is 0. The van der Waals surface area contributed by atoms with Gasteiger partial charge in [0.1, 0.15) is 0 Å². The highest BCUT2D eigenvalue weighted by atomic mass is 32.2. The van der Waals surface area contributed by atoms with Crippen molar-refractivity contribution in [2.45, 2.75) is 43.7 Å². The molecule has 2 N–H and O–H groups in total. The maximum Gasteiger partial charge on any atom is 0.240 e. The molecule has 0 radical (unpaired) electrons. The highest BCUT2D eigenvalue weighted by Gasteiger charge is 2.26. The van der Waals surface area contributed by atoms with E-state index in [0.717, 1.165) is 19.4 Å². The quantitative estimate of drug-likeness (QED) is 0.879. The third-order valence-corrected chi connectivity index (χ3v) is 5.18. The Morgan fingerprint density at radius 2 is 2.20 bits per heavy atom. The Hall–Kier alpha value is -1.42. The van der Waals surface area contributed by atoms with Crippen LogP contribution >= 0.6 is 0 Å². The second-order valence-corrected chi connectivity index (χ2v) is 6.92. The van der Waals surface area contributed by atoms with Gasteiger partial charge in [0.25, 0.3) is 0 Å². The lowest BCUT2D eigenvalue weighted by atomic mass is 10.0. The van der Waals surface area contributed by atoms with E-state index in [2.05, 4.69) is 10.0 Å². The summed E-state index contributed by atoms with van der Waals surface area (Å²) in [5.74, 6) is 0. The lowest BCUT2D eigenvalue weighted by Gasteiger charge is -2.30. The second-order valence-electron chi connectivity index (χ2n) is 5.20. The molecule has 5 nitrogen and oxygen atoms in total. The summed E-state index contributed by atoms with van der Waals surface area (Å²) in [6.45, 7) is 4.65. The summed E-state index contributed by atoms with van der Waals surface area (Å²) in [4.78, 5) is 0.215. The molecule has 2 rings (SSSR count). The van der Waals surface area contributed by atoms with E-state index in [9.17, 15) is 8.42 Å². The summed E-state index contributed by atoms with van der Waals surface area (Å²) in [5.41, 5.74) is 1.17. The molecule has 0 spiro atoms. The van der Waals surface area contributed by atoms with Crippen LogP contribution < -0.4 is 10.0 Å². The van der Waals surface area contributed by atoms with Crippen molar-refractivity contribution in [2.75, 3.05) is 6.54 Å². The van der Waals surface area contributed by atoms with Crippen molar-refractivity contribution in [1.82, 2.24) is 10.0 Å². The van der Waals surface area contributed by atoms with Crippen molar-refractivity contribution in [3.63, 3.8) is 0 Å². The molecular formula is C14H19N3O2S. The lowest BCUT2D eigenvalue weighted by Crippen LogP contribution is -2.51. The van der Waals surface area contributed by atoms with Crippen LogP contribution in [0.2, 0.25) is 0 Å². The molecule has 0 amide bonds. The largest absolute Gasteiger partial charge is 0.313 e. The van der Waals surface area contributed by atoms with E-state index in [-0.39, 0.29) is 17.0 Å². The zero-order chi connectivity index (χ0) is 14.8. The molecule has 1 aromatic rings. The normalized spacial score (nSPS) is 23.2. The third-order valence-electron chi connectivity index (χ3n) is 3.70. The first-order valence-corrected chi connectivity index (χ1v) is 8.19. The van der Waals surface area contributed by atoms with Gasteiger partial charge in [-0.25, -0.2) is 13.1 Å². The maximum atomic E-state index is 12.4. The fourth-order valence-electron chi connectivity index (χ4n) is 2.40. The minimum atomic E-state index is -3.54. The number of aryl methyl sites for hydroxylation is 1. The van der Waals surface area contributed by atoms with Gasteiger partial charge in [-0.1, -0.05) is 0 Å². The number of nitriles is 1. The van der Waals surface area contributed by atoms with Crippen molar-refractivity contribution in [3.05, 3.63) is 29.3 Å². The van der Waals surface area contributed by atoms with Gasteiger partial charge in [0.15, 0.2) is 0 Å². The van der Waals surface area contributed by atoms with Crippen LogP contribution in [0.5, 0.6) is 0 Å². The number of hydrogen-bond donors (Lipinski definition) is 2. The van der Waals surface area contributed by atoms with Crippen molar-refractivity contribution >= 4 is 10.0 Å². The Kier molecular flexibility index (Phi) is 4.43. The van der Waals surface area contributed by atoms with Crippen molar-refractivity contribution in [1.29, 1.82) is 5.26 Å². The number of piperidine rings is 1. The molecule has 1 heterocycles. The first-order chi connectivity index (χ1) is 9.44. The van der Waals surface area contributed by atoms with Crippen LogP contribution in [-0.2, 0) is 10.0 Å². The third kappa shape index (κ3) is 3.18. The summed E-state index contributed by atoms with van der Waals surface area (Å²) in [6.07, 6.45) is 1.80. The van der Waals surface area contributed by atoms with E-state index in [4.69, 9.17) is 5.26 Å². The van der Waals surface area contributed by atoms with Gasteiger partial charge >= 0.3 is 0 Å². The Labute approximate surface area is 120 Å². The van der Waals surface area contributed by atoms with Crippen LogP contribution in [-0.4, -0.2) is 27.0 Å². The Morgan fingerprint density at radius 3 is 2.80 bits per heavy atom. The highest BCUT2D eigenvalue weighted by molar-refractivity contribution is 7.89. The average molecular weight is 293 g/mol. The number of hydrogen-bond acceptors (Lipinski definition) is 4. The number of nitrogens with one attached hydrogen (secondary N) is 2. The van der Waals surface area contributed by atoms with Crippen LogP contribution in [0.15, 0.2) is 23.1 Å². The van der Waals surface area contributed by atoms with E-state index >= 15 is 0 Å². The SMILES string of the molecule is Cc1cc(S(=O)(=O)NC2CCCNC2C)ccc1C#N. The van der Waals surface area contributed by atoms with E-state index in [0.29, 0.717) is 11.1 Å². The predicted octanol–water partition coefficient (Wildman–Crippen LogP) is 1.29. The number of sulfonamides is 1. The highest BCUT2D eigenvalue weighted by Crippen LogP contribution is 2.17. The molecule has 20 heavy (non-hydrogen) atoms. The first-order valence-electron chi connectivity index (χ1n) is 6.70. The molecular weight excluding hydrogens is 274 g/mol. The van der Waals surface area contributed by atoms with Gasteiger partial charge in [0, 0.05) is 12.1 Å². The van der Waals surface area contributed by atoms with Gasteiger partial charge in [-0.15, -0.1) is 0 Å². The van der Waals surface area contributed by atoms with Gasteiger partial charge < -0.3 is 5.32 Å². The zero-order valence-corrected chi connectivity index (χ0v) is 12.5. The topological polar surface area (TPSA) is 82.0 Å². The summed E-state index contributed by atoms with van der Waals surface area (Å²) < 4.78 is 27.5. The molecule has 1 aromatic carbocycles. The molecule has 108 valence electrons. The zero-order valence-electron chi connectivity index (χ0n) is 11.7. The fourth-order valence-corrected chi connectivity index (χ4v) is 3.84. The predicted molar refractivity (Wildman–Crippen MR) is 76.7 cm³/mol. The van der Waals surface area contributed by atoms with Gasteiger partial charge in [-0.05, 0) is 57.0 Å². The number of nitrogens with zero attached hydrogens (tertiary/aromatic N) is 1. The molecule has 0 aromatic heterocycles. The minimum absolute atomic E-state index is 0.0929. The summed E-state index contributed by atoms with van der Waals surface area (Å²) in [5, 5.41) is 12.2. The molecule has 6 heteroatoms. The summed E-state index contributed by atoms with van der Waals surface area (Å²) in [6, 6.07) is 6.64. The first kappa shape index (κ1) is 15.0. The molecule has 1 aliphatic rings. The van der Waals surface area contributed by atoms with E-state index in [1.165, 1.54) is 6.07 Å². The van der Waals surface area contributed by atoms with Crippen LogP contribution in [0, 0.1) is 18.3 Å². The minimum Gasteiger partial charge on any atom is -0.313 e. The molecule has 1 saturated heterocycles. The van der Waals surface area contributed by atoms with E-state index in [1.54, 1.807) is 19.1 Å². The van der Waals surface area contributed by atoms with Crippen LogP contribution in [0.4, 0.5) is 0 Å². The maximum absolute atomic E-state index is 12.4. The molecule has 1 aliphatic heterocycles. The molecule has 2 unspecified atom stereocenters. The van der Waals surface area contributed by atoms with Crippen molar-refractivity contribution < 1.29 is 8.42 Å². The molecule has 0 bridgehead atoms. The van der Waals surface area contributed by atoms with Gasteiger partial charge in [0.05, 0.1) is 16.5 Å². The number of rotatable bonds is 3. The van der Waals surface area contributed by atoms with Crippen LogP contribution in [0.25, 0.3) is 0 Å². The van der Waals surface area contributed by atoms with Gasteiger partial charge in [-0.3, -0.25) is 0 Å². The van der Waals surface area contributed by atoms with E-state index in [1.807, 2.05) is 13.0 Å². The molecule has 0 saturated carbocycles. The standard InChI is InChI=1S/C14H19N3O2S/c1-10-8-13(6-5-12(10)9-15)20(18,19)17-14-4-3-7-16-11(14)2/h5-6,8,11,14,16-17H,3-4,7H2,1-2H3. The monoisotopic (exact) mass is 293 g/mol. The van der Waals surface area contributed by atoms with Crippen molar-refractivity contribution in [3.8, 4) is 6.07 Å². The smallest absolute Gasteiger partial charge is 0.240 e. The Bertz CT molecular complexity index is 634. The molecule has 0 aliphatic carbocycles. The molecule has 2 atom stereocenters. The average Bonchev–Trinajstić information content (AvgIpc) is 2.41. The van der Waals surface area contributed by atoms with Crippen molar-refractivity contribution in [2.24, 2.45) is 0 Å². The summed E-state index contributed by atoms with van der Waals surface area (Å²) in [7, 11) is -3.54. The van der Waals surface area contributed by atoms with Gasteiger partial charge in [0.2, 0.25) is 10.0 Å². The van der Waals surface area contributed by atoms with Crippen LogP contribution in [0.1, 0.15) is 30.9 Å². The Balaban J connectivity index is 2.22. The second kappa shape index (κ2) is 5.92. The molecule has 1 fully saturated rings. The Morgan fingerprint density at radius 1 is 1.45 bits per heavy atom. The van der Waals surface area contributed by atoms with E-state index < -0.39 is 10.0 Å². The fraction of sp³-hybridized carbons (Fsp3) is 0.500. The number of benzene rings is 1. The van der Waals surface area contributed by atoms with Crippen LogP contribution in [0.3, 0.4) is 0 Å².